The van der Waals surface area contributed by atoms with Gasteiger partial charge < -0.3 is 5.32 Å². The van der Waals surface area contributed by atoms with Crippen molar-refractivity contribution in [1.82, 2.24) is 14.9 Å². The molecule has 0 amide bonds. The van der Waals surface area contributed by atoms with Gasteiger partial charge in [-0.3, -0.25) is 4.57 Å². The van der Waals surface area contributed by atoms with Crippen LogP contribution in [0.2, 0.25) is 0 Å². The first-order valence-electron chi connectivity index (χ1n) is 7.45. The highest BCUT2D eigenvalue weighted by molar-refractivity contribution is 5.35. The van der Waals surface area contributed by atoms with Gasteiger partial charge in [0, 0.05) is 18.3 Å². The normalized spacial score (nSPS) is 12.8. The van der Waals surface area contributed by atoms with Gasteiger partial charge in [0.1, 0.15) is 5.82 Å². The number of nitrogens with one attached hydrogen (secondary N) is 1. The Hall–Kier alpha value is -1.61. The summed E-state index contributed by atoms with van der Waals surface area (Å²) in [5, 5.41) is 3.65. The molecule has 1 unspecified atom stereocenters. The van der Waals surface area contributed by atoms with Gasteiger partial charge in [0.2, 0.25) is 0 Å². The number of imidazole rings is 1. The lowest BCUT2D eigenvalue weighted by Crippen LogP contribution is -2.33. The topological polar surface area (TPSA) is 29.9 Å². The minimum absolute atomic E-state index is 0.550. The van der Waals surface area contributed by atoms with E-state index in [-0.39, 0.29) is 0 Å². The summed E-state index contributed by atoms with van der Waals surface area (Å²) in [6.07, 6.45) is 3.12. The van der Waals surface area contributed by atoms with Crippen molar-refractivity contribution in [2.45, 2.75) is 46.7 Å². The maximum atomic E-state index is 4.46. The predicted octanol–water partition coefficient (Wildman–Crippen LogP) is 3.70. The molecule has 1 aromatic heterocycles. The summed E-state index contributed by atoms with van der Waals surface area (Å²) in [6, 6.07) is 11.0. The minimum Gasteiger partial charge on any atom is -0.308 e. The van der Waals surface area contributed by atoms with Crippen molar-refractivity contribution < 1.29 is 0 Å². The Kier molecular flexibility index (Phi) is 4.96. The number of nitrogens with zero attached hydrogens (tertiary/aromatic N) is 2. The second-order valence-corrected chi connectivity index (χ2v) is 5.61. The van der Waals surface area contributed by atoms with E-state index in [1.165, 1.54) is 11.4 Å². The second-order valence-electron chi connectivity index (χ2n) is 5.61. The van der Waals surface area contributed by atoms with Crippen LogP contribution in [0, 0.1) is 12.8 Å². The fourth-order valence-corrected chi connectivity index (χ4v) is 2.63. The third-order valence-electron chi connectivity index (χ3n) is 3.82. The predicted molar refractivity (Wildman–Crippen MR) is 84.1 cm³/mol. The standard InChI is InChI=1S/C17H25N3/c1-5-17(13(2)3)19-12-16-11-18-14(4)20(16)15-9-7-6-8-10-15/h6-11,13,17,19H,5,12H2,1-4H3. The molecule has 0 spiro atoms. The third kappa shape index (κ3) is 3.28. The van der Waals surface area contributed by atoms with E-state index in [1.54, 1.807) is 0 Å². The lowest BCUT2D eigenvalue weighted by atomic mass is 10.0. The number of aromatic nitrogens is 2. The van der Waals surface area contributed by atoms with Crippen LogP contribution in [-0.4, -0.2) is 15.6 Å². The highest BCUT2D eigenvalue weighted by atomic mass is 15.1. The van der Waals surface area contributed by atoms with Gasteiger partial charge in [0.15, 0.2) is 0 Å². The summed E-state index contributed by atoms with van der Waals surface area (Å²) in [5.41, 5.74) is 2.39. The summed E-state index contributed by atoms with van der Waals surface area (Å²) in [7, 11) is 0. The molecule has 3 heteroatoms. The van der Waals surface area contributed by atoms with Crippen LogP contribution < -0.4 is 5.32 Å². The van der Waals surface area contributed by atoms with E-state index in [4.69, 9.17) is 0 Å². The molecule has 3 nitrogen and oxygen atoms in total. The first-order chi connectivity index (χ1) is 9.63. The maximum absolute atomic E-state index is 4.46. The first kappa shape index (κ1) is 14.8. The molecule has 0 fully saturated rings. The average molecular weight is 271 g/mol. The van der Waals surface area contributed by atoms with Crippen molar-refractivity contribution in [3.63, 3.8) is 0 Å². The highest BCUT2D eigenvalue weighted by Crippen LogP contribution is 2.15. The van der Waals surface area contributed by atoms with E-state index >= 15 is 0 Å². The molecule has 1 heterocycles. The van der Waals surface area contributed by atoms with Crippen LogP contribution in [-0.2, 0) is 6.54 Å². The van der Waals surface area contributed by atoms with Crippen molar-refractivity contribution in [2.24, 2.45) is 5.92 Å². The molecule has 0 bridgehead atoms. The van der Waals surface area contributed by atoms with Gasteiger partial charge in [-0.15, -0.1) is 0 Å². The quantitative estimate of drug-likeness (QED) is 0.868. The minimum atomic E-state index is 0.550. The van der Waals surface area contributed by atoms with E-state index in [0.717, 1.165) is 18.8 Å². The fourth-order valence-electron chi connectivity index (χ4n) is 2.63. The monoisotopic (exact) mass is 271 g/mol. The van der Waals surface area contributed by atoms with Crippen molar-refractivity contribution >= 4 is 0 Å². The van der Waals surface area contributed by atoms with Crippen LogP contribution >= 0.6 is 0 Å². The van der Waals surface area contributed by atoms with Crippen molar-refractivity contribution in [2.75, 3.05) is 0 Å². The lowest BCUT2D eigenvalue weighted by molar-refractivity contribution is 0.384. The number of rotatable bonds is 6. The van der Waals surface area contributed by atoms with Crippen LogP contribution in [0.4, 0.5) is 0 Å². The van der Waals surface area contributed by atoms with Crippen molar-refractivity contribution in [3.8, 4) is 5.69 Å². The van der Waals surface area contributed by atoms with E-state index in [2.05, 4.69) is 66.8 Å². The van der Waals surface area contributed by atoms with E-state index < -0.39 is 0 Å². The number of hydrogen-bond acceptors (Lipinski definition) is 2. The van der Waals surface area contributed by atoms with Crippen molar-refractivity contribution in [3.05, 3.63) is 48.0 Å². The van der Waals surface area contributed by atoms with Gasteiger partial charge in [0.25, 0.3) is 0 Å². The van der Waals surface area contributed by atoms with Crippen LogP contribution in [0.25, 0.3) is 5.69 Å². The molecule has 20 heavy (non-hydrogen) atoms. The molecule has 1 aromatic carbocycles. The zero-order valence-electron chi connectivity index (χ0n) is 12.9. The van der Waals surface area contributed by atoms with Gasteiger partial charge in [-0.2, -0.15) is 0 Å². The highest BCUT2D eigenvalue weighted by Gasteiger charge is 2.13. The lowest BCUT2D eigenvalue weighted by Gasteiger charge is -2.21. The summed E-state index contributed by atoms with van der Waals surface area (Å²) >= 11 is 0. The SMILES string of the molecule is CCC(NCc1cnc(C)n1-c1ccccc1)C(C)C. The summed E-state index contributed by atoms with van der Waals surface area (Å²) in [4.78, 5) is 4.46. The molecule has 108 valence electrons. The van der Waals surface area contributed by atoms with E-state index in [0.29, 0.717) is 12.0 Å². The zero-order valence-corrected chi connectivity index (χ0v) is 12.9. The third-order valence-corrected chi connectivity index (χ3v) is 3.82. The Bertz CT molecular complexity index is 528. The number of para-hydroxylation sites is 1. The van der Waals surface area contributed by atoms with Gasteiger partial charge in [-0.25, -0.2) is 4.98 Å². The second kappa shape index (κ2) is 6.71. The summed E-state index contributed by atoms with van der Waals surface area (Å²) < 4.78 is 2.22. The molecule has 0 aliphatic rings. The molecular weight excluding hydrogens is 246 g/mol. The number of aryl methyl sites for hydroxylation is 1. The zero-order chi connectivity index (χ0) is 14.5. The Morgan fingerprint density at radius 2 is 1.90 bits per heavy atom. The van der Waals surface area contributed by atoms with E-state index in [9.17, 15) is 0 Å². The van der Waals surface area contributed by atoms with Crippen LogP contribution in [0.5, 0.6) is 0 Å². The van der Waals surface area contributed by atoms with Crippen molar-refractivity contribution in [1.29, 1.82) is 0 Å². The van der Waals surface area contributed by atoms with E-state index in [1.807, 2.05) is 12.3 Å². The molecule has 2 rings (SSSR count). The van der Waals surface area contributed by atoms with Gasteiger partial charge in [-0.05, 0) is 31.4 Å². The maximum Gasteiger partial charge on any atom is 0.110 e. The summed E-state index contributed by atoms with van der Waals surface area (Å²) in [5.74, 6) is 1.68. The van der Waals surface area contributed by atoms with Crippen LogP contribution in [0.1, 0.15) is 38.7 Å². The molecule has 0 aliphatic carbocycles. The molecule has 1 N–H and O–H groups in total. The molecule has 1 atom stereocenters. The Labute approximate surface area is 122 Å². The molecule has 0 radical (unpaired) electrons. The number of hydrogen-bond donors (Lipinski definition) is 1. The Balaban J connectivity index is 2.18. The molecule has 0 saturated heterocycles. The molecule has 0 saturated carbocycles. The Morgan fingerprint density at radius 3 is 2.50 bits per heavy atom. The fraction of sp³-hybridized carbons (Fsp3) is 0.471. The van der Waals surface area contributed by atoms with Gasteiger partial charge in [0.05, 0.1) is 11.9 Å². The average Bonchev–Trinajstić information content (AvgIpc) is 2.81. The summed E-state index contributed by atoms with van der Waals surface area (Å²) in [6.45, 7) is 9.67. The molecule has 2 aromatic rings. The largest absolute Gasteiger partial charge is 0.308 e. The first-order valence-corrected chi connectivity index (χ1v) is 7.45. The van der Waals surface area contributed by atoms with Gasteiger partial charge in [-0.1, -0.05) is 39.0 Å². The van der Waals surface area contributed by atoms with Crippen LogP contribution in [0.15, 0.2) is 36.5 Å². The molecular formula is C17H25N3. The van der Waals surface area contributed by atoms with Crippen LogP contribution in [0.3, 0.4) is 0 Å². The van der Waals surface area contributed by atoms with Gasteiger partial charge >= 0.3 is 0 Å². The smallest absolute Gasteiger partial charge is 0.110 e. The number of benzene rings is 1. The molecule has 0 aliphatic heterocycles. The Morgan fingerprint density at radius 1 is 1.20 bits per heavy atom.